The fraction of sp³-hybridized carbons (Fsp3) is 0.909. The molecule has 0 unspecified atom stereocenters. The normalized spacial score (nSPS) is 20.2. The summed E-state index contributed by atoms with van der Waals surface area (Å²) in [6.45, 7) is 3.90. The average molecular weight is 293 g/mol. The summed E-state index contributed by atoms with van der Waals surface area (Å²) in [4.78, 5) is 11.6. The van der Waals surface area contributed by atoms with Crippen LogP contribution >= 0.6 is 0 Å². The first-order chi connectivity index (χ1) is 9.03. The van der Waals surface area contributed by atoms with Gasteiger partial charge in [0.1, 0.15) is 0 Å². The van der Waals surface area contributed by atoms with E-state index in [0.29, 0.717) is 6.61 Å². The van der Waals surface area contributed by atoms with E-state index in [-0.39, 0.29) is 30.9 Å². The Morgan fingerprint density at radius 2 is 2.26 bits per heavy atom. The minimum Gasteiger partial charge on any atom is -0.381 e. The smallest absolute Gasteiger partial charge is 0.235 e. The molecule has 1 fully saturated rings. The van der Waals surface area contributed by atoms with E-state index in [4.69, 9.17) is 4.74 Å². The Labute approximate surface area is 114 Å². The van der Waals surface area contributed by atoms with E-state index in [2.05, 4.69) is 15.4 Å². The minimum atomic E-state index is -3.44. The molecule has 1 atom stereocenters. The zero-order valence-electron chi connectivity index (χ0n) is 11.3. The highest BCUT2D eigenvalue weighted by molar-refractivity contribution is 7.89. The molecular formula is C11H23N3O4S. The molecule has 1 amide bonds. The molecule has 8 heteroatoms. The molecule has 0 aromatic rings. The van der Waals surface area contributed by atoms with E-state index >= 15 is 0 Å². The fourth-order valence-electron chi connectivity index (χ4n) is 1.81. The summed E-state index contributed by atoms with van der Waals surface area (Å²) in [7, 11) is -3.44. The van der Waals surface area contributed by atoms with E-state index in [1.165, 1.54) is 0 Å². The van der Waals surface area contributed by atoms with Crippen molar-refractivity contribution in [3.63, 3.8) is 0 Å². The summed E-state index contributed by atoms with van der Waals surface area (Å²) in [5.41, 5.74) is 0. The van der Waals surface area contributed by atoms with Gasteiger partial charge in [0.15, 0.2) is 0 Å². The standard InChI is InChI=1S/C11H23N3O4S/c1-2-18-6-7-19(16,17)13-9-11(15)14-10-4-3-5-12-8-10/h10,12-13H,2-9H2,1H3,(H,14,15)/t10-/m0/s1. The summed E-state index contributed by atoms with van der Waals surface area (Å²) in [6.07, 6.45) is 1.95. The molecular weight excluding hydrogens is 270 g/mol. The largest absolute Gasteiger partial charge is 0.381 e. The molecule has 1 aliphatic rings. The van der Waals surface area contributed by atoms with Crippen LogP contribution in [0.25, 0.3) is 0 Å². The number of ether oxygens (including phenoxy) is 1. The molecule has 0 bridgehead atoms. The van der Waals surface area contributed by atoms with E-state index < -0.39 is 10.0 Å². The maximum absolute atomic E-state index is 11.6. The van der Waals surface area contributed by atoms with Crippen molar-refractivity contribution in [3.05, 3.63) is 0 Å². The third-order valence-corrected chi connectivity index (χ3v) is 4.10. The third-order valence-electron chi connectivity index (χ3n) is 2.82. The first-order valence-corrected chi connectivity index (χ1v) is 8.24. The molecule has 1 heterocycles. The Morgan fingerprint density at radius 3 is 2.89 bits per heavy atom. The molecule has 3 N–H and O–H groups in total. The first-order valence-electron chi connectivity index (χ1n) is 6.58. The van der Waals surface area contributed by atoms with Gasteiger partial charge in [-0.3, -0.25) is 4.79 Å². The Morgan fingerprint density at radius 1 is 1.47 bits per heavy atom. The van der Waals surface area contributed by atoms with Gasteiger partial charge in [-0.25, -0.2) is 13.1 Å². The van der Waals surface area contributed by atoms with Gasteiger partial charge in [-0.2, -0.15) is 0 Å². The van der Waals surface area contributed by atoms with Crippen molar-refractivity contribution in [2.24, 2.45) is 0 Å². The van der Waals surface area contributed by atoms with Gasteiger partial charge >= 0.3 is 0 Å². The number of carbonyl (C=O) groups excluding carboxylic acids is 1. The van der Waals surface area contributed by atoms with Crippen LogP contribution in [0.4, 0.5) is 0 Å². The quantitative estimate of drug-likeness (QED) is 0.489. The van der Waals surface area contributed by atoms with Crippen LogP contribution in [0.2, 0.25) is 0 Å². The molecule has 0 radical (unpaired) electrons. The van der Waals surface area contributed by atoms with Crippen molar-refractivity contribution >= 4 is 15.9 Å². The number of amides is 1. The monoisotopic (exact) mass is 293 g/mol. The zero-order valence-corrected chi connectivity index (χ0v) is 12.1. The molecule has 0 spiro atoms. The van der Waals surface area contributed by atoms with Gasteiger partial charge in [0.25, 0.3) is 0 Å². The third kappa shape index (κ3) is 7.46. The van der Waals surface area contributed by atoms with Crippen LogP contribution in [0.5, 0.6) is 0 Å². The van der Waals surface area contributed by atoms with Crippen LogP contribution in [0.3, 0.4) is 0 Å². The van der Waals surface area contributed by atoms with Crippen molar-refractivity contribution in [1.29, 1.82) is 0 Å². The van der Waals surface area contributed by atoms with Gasteiger partial charge in [-0.05, 0) is 26.3 Å². The number of nitrogens with one attached hydrogen (secondary N) is 3. The van der Waals surface area contributed by atoms with Crippen LogP contribution in [0.15, 0.2) is 0 Å². The Bertz CT molecular complexity index is 366. The average Bonchev–Trinajstić information content (AvgIpc) is 2.38. The molecule has 1 saturated heterocycles. The summed E-state index contributed by atoms with van der Waals surface area (Å²) < 4.78 is 30.3. The predicted molar refractivity (Wildman–Crippen MR) is 72.3 cm³/mol. The minimum absolute atomic E-state index is 0.0918. The molecule has 19 heavy (non-hydrogen) atoms. The molecule has 0 aliphatic carbocycles. The second-order valence-electron chi connectivity index (χ2n) is 4.45. The number of hydrogen-bond donors (Lipinski definition) is 3. The zero-order chi connectivity index (χ0) is 14.1. The topological polar surface area (TPSA) is 96.5 Å². The van der Waals surface area contributed by atoms with Crippen LogP contribution < -0.4 is 15.4 Å². The van der Waals surface area contributed by atoms with Gasteiger partial charge in [-0.15, -0.1) is 0 Å². The lowest BCUT2D eigenvalue weighted by atomic mass is 10.1. The summed E-state index contributed by atoms with van der Waals surface area (Å²) in [6, 6.07) is 0.0918. The van der Waals surface area contributed by atoms with Gasteiger partial charge in [-0.1, -0.05) is 0 Å². The van der Waals surface area contributed by atoms with Crippen molar-refractivity contribution in [3.8, 4) is 0 Å². The highest BCUT2D eigenvalue weighted by Gasteiger charge is 2.17. The number of carbonyl (C=O) groups is 1. The molecule has 112 valence electrons. The molecule has 1 rings (SSSR count). The molecule has 0 saturated carbocycles. The summed E-state index contributed by atoms with van der Waals surface area (Å²) in [5.74, 6) is -0.423. The Hall–Kier alpha value is -0.700. The van der Waals surface area contributed by atoms with Crippen LogP contribution in [0.1, 0.15) is 19.8 Å². The molecule has 0 aromatic heterocycles. The fourth-order valence-corrected chi connectivity index (χ4v) is 2.65. The summed E-state index contributed by atoms with van der Waals surface area (Å²) in [5, 5.41) is 5.98. The number of hydrogen-bond acceptors (Lipinski definition) is 5. The number of sulfonamides is 1. The maximum Gasteiger partial charge on any atom is 0.235 e. The predicted octanol–water partition coefficient (Wildman–Crippen LogP) is -1.19. The summed E-state index contributed by atoms with van der Waals surface area (Å²) >= 11 is 0. The van der Waals surface area contributed by atoms with E-state index in [1.807, 2.05) is 0 Å². The van der Waals surface area contributed by atoms with Gasteiger partial charge in [0, 0.05) is 19.2 Å². The van der Waals surface area contributed by atoms with Crippen LogP contribution in [0, 0.1) is 0 Å². The van der Waals surface area contributed by atoms with E-state index in [1.54, 1.807) is 6.92 Å². The van der Waals surface area contributed by atoms with Gasteiger partial charge in [0.2, 0.25) is 15.9 Å². The van der Waals surface area contributed by atoms with Gasteiger partial charge in [0.05, 0.1) is 18.9 Å². The van der Waals surface area contributed by atoms with Gasteiger partial charge < -0.3 is 15.4 Å². The molecule has 0 aromatic carbocycles. The molecule has 7 nitrogen and oxygen atoms in total. The second-order valence-corrected chi connectivity index (χ2v) is 6.37. The number of rotatable bonds is 8. The Kier molecular flexibility index (Phi) is 7.29. The van der Waals surface area contributed by atoms with Crippen molar-refractivity contribution < 1.29 is 17.9 Å². The van der Waals surface area contributed by atoms with Crippen molar-refractivity contribution in [2.75, 3.05) is 38.6 Å². The van der Waals surface area contributed by atoms with Crippen LogP contribution in [-0.2, 0) is 19.6 Å². The highest BCUT2D eigenvalue weighted by Crippen LogP contribution is 2.00. The van der Waals surface area contributed by atoms with E-state index in [9.17, 15) is 13.2 Å². The number of piperidine rings is 1. The van der Waals surface area contributed by atoms with Crippen molar-refractivity contribution in [2.45, 2.75) is 25.8 Å². The highest BCUT2D eigenvalue weighted by atomic mass is 32.2. The lowest BCUT2D eigenvalue weighted by molar-refractivity contribution is -0.120. The SMILES string of the molecule is CCOCCS(=O)(=O)NCC(=O)N[C@H]1CCCNC1. The van der Waals surface area contributed by atoms with Crippen molar-refractivity contribution in [1.82, 2.24) is 15.4 Å². The van der Waals surface area contributed by atoms with Crippen LogP contribution in [-0.4, -0.2) is 59.0 Å². The lowest BCUT2D eigenvalue weighted by Gasteiger charge is -2.23. The molecule has 1 aliphatic heterocycles. The second kappa shape index (κ2) is 8.47. The lowest BCUT2D eigenvalue weighted by Crippen LogP contribution is -2.48. The van der Waals surface area contributed by atoms with E-state index in [0.717, 1.165) is 25.9 Å². The first kappa shape index (κ1) is 16.4. The Balaban J connectivity index is 2.21. The maximum atomic E-state index is 11.6.